The largest absolute Gasteiger partial charge is 0.496 e. The Morgan fingerprint density at radius 3 is 2.88 bits per heavy atom. The molecule has 1 aliphatic heterocycles. The van der Waals surface area contributed by atoms with Gasteiger partial charge in [-0.05, 0) is 26.0 Å². The fourth-order valence-electron chi connectivity index (χ4n) is 1.88. The van der Waals surface area contributed by atoms with Crippen molar-refractivity contribution in [2.24, 2.45) is 11.7 Å². The Hall–Kier alpha value is -1.89. The highest BCUT2D eigenvalue weighted by Crippen LogP contribution is 2.35. The van der Waals surface area contributed by atoms with E-state index in [1.54, 1.807) is 24.1 Å². The molecule has 2 N–H and O–H groups in total. The van der Waals surface area contributed by atoms with Crippen LogP contribution >= 0.6 is 0 Å². The molecule has 1 rings (SSSR count). The Morgan fingerprint density at radius 1 is 1.76 bits per heavy atom. The third-order valence-corrected chi connectivity index (χ3v) is 3.19. The van der Waals surface area contributed by atoms with Gasteiger partial charge in [-0.1, -0.05) is 13.3 Å². The van der Waals surface area contributed by atoms with Crippen LogP contribution in [-0.2, 0) is 9.53 Å². The summed E-state index contributed by atoms with van der Waals surface area (Å²) in [6.07, 6.45) is 10.8. The molecule has 0 aliphatic carbocycles. The van der Waals surface area contributed by atoms with Crippen molar-refractivity contribution in [3.63, 3.8) is 0 Å². The van der Waals surface area contributed by atoms with E-state index < -0.39 is 17.4 Å². The van der Waals surface area contributed by atoms with Crippen LogP contribution in [0.1, 0.15) is 20.8 Å². The van der Waals surface area contributed by atoms with Crippen molar-refractivity contribution < 1.29 is 9.53 Å². The lowest BCUT2D eigenvalue weighted by atomic mass is 9.81. The molecule has 0 fully saturated rings. The van der Waals surface area contributed by atoms with E-state index in [2.05, 4.69) is 6.04 Å². The Kier molecular flexibility index (Phi) is 3.84. The van der Waals surface area contributed by atoms with E-state index in [4.69, 9.17) is 16.9 Å². The Balaban J connectivity index is 3.20. The van der Waals surface area contributed by atoms with Crippen LogP contribution in [-0.4, -0.2) is 23.0 Å². The first-order valence-corrected chi connectivity index (χ1v) is 5.55. The highest BCUT2D eigenvalue weighted by atomic mass is 16.5. The average Bonchev–Trinajstić information content (AvgIpc) is 2.31. The fourth-order valence-corrected chi connectivity index (χ4v) is 1.88. The maximum absolute atomic E-state index is 11.4. The Bertz CT molecular complexity index is 406. The van der Waals surface area contributed by atoms with Gasteiger partial charge in [0.1, 0.15) is 11.3 Å². The van der Waals surface area contributed by atoms with Gasteiger partial charge in [0, 0.05) is 12.2 Å². The van der Waals surface area contributed by atoms with E-state index in [0.29, 0.717) is 12.4 Å². The van der Waals surface area contributed by atoms with Crippen molar-refractivity contribution in [3.8, 4) is 12.5 Å². The number of allylic oxidation sites excluding steroid dienone is 2. The summed E-state index contributed by atoms with van der Waals surface area (Å²) in [5.74, 6) is -0.207. The number of hydrogen-bond donors (Lipinski definition) is 1. The zero-order valence-corrected chi connectivity index (χ0v) is 10.4. The summed E-state index contributed by atoms with van der Waals surface area (Å²) in [7, 11) is 0. The second-order valence-electron chi connectivity index (χ2n) is 4.08. The van der Waals surface area contributed by atoms with E-state index in [0.717, 1.165) is 0 Å². The van der Waals surface area contributed by atoms with Crippen LogP contribution in [0.4, 0.5) is 0 Å². The molecule has 4 nitrogen and oxygen atoms in total. The molecule has 0 aromatic rings. The number of carbonyl (C=O) groups excluding carboxylic acids is 1. The molecule has 1 aliphatic rings. The first-order chi connectivity index (χ1) is 7.98. The second-order valence-corrected chi connectivity index (χ2v) is 4.08. The molecule has 0 radical (unpaired) electrons. The number of hydrogen-bond acceptors (Lipinski definition) is 3. The van der Waals surface area contributed by atoms with Gasteiger partial charge in [0.25, 0.3) is 0 Å². The van der Waals surface area contributed by atoms with E-state index >= 15 is 0 Å². The first-order valence-electron chi connectivity index (χ1n) is 5.55. The van der Waals surface area contributed by atoms with Gasteiger partial charge in [0.05, 0.1) is 12.5 Å². The number of ether oxygens (including phenoxy) is 1. The van der Waals surface area contributed by atoms with Crippen molar-refractivity contribution in [3.05, 3.63) is 24.1 Å². The number of nitrogens with two attached hydrogens (primary N) is 1. The van der Waals surface area contributed by atoms with E-state index in [-0.39, 0.29) is 0 Å². The number of carbonyl (C=O) groups is 1. The molecule has 2 atom stereocenters. The molecule has 1 amide bonds. The average molecular weight is 234 g/mol. The molecule has 0 bridgehead atoms. The fraction of sp³-hybridized carbons (Fsp3) is 0.462. The molecule has 0 saturated carbocycles. The maximum atomic E-state index is 11.4. The highest BCUT2D eigenvalue weighted by Gasteiger charge is 2.44. The van der Waals surface area contributed by atoms with Crippen LogP contribution in [0.3, 0.4) is 0 Å². The second kappa shape index (κ2) is 4.96. The van der Waals surface area contributed by atoms with Crippen molar-refractivity contribution in [2.75, 3.05) is 6.61 Å². The van der Waals surface area contributed by atoms with Gasteiger partial charge in [-0.25, -0.2) is 0 Å². The molecule has 0 aromatic carbocycles. The smallest absolute Gasteiger partial charge is 0.223 e. The molecular formula is C13H18N2O2. The predicted molar refractivity (Wildman–Crippen MR) is 66.3 cm³/mol. The molecular weight excluding hydrogens is 216 g/mol. The zero-order chi connectivity index (χ0) is 13.1. The van der Waals surface area contributed by atoms with Crippen LogP contribution in [0, 0.1) is 18.4 Å². The van der Waals surface area contributed by atoms with E-state index in [9.17, 15) is 4.79 Å². The van der Waals surface area contributed by atoms with Crippen LogP contribution in [0.15, 0.2) is 24.1 Å². The summed E-state index contributed by atoms with van der Waals surface area (Å²) in [5, 5.41) is 0. The predicted octanol–water partition coefficient (Wildman–Crippen LogP) is 1.21. The summed E-state index contributed by atoms with van der Waals surface area (Å²) >= 11 is 0. The zero-order valence-electron chi connectivity index (χ0n) is 10.4. The lowest BCUT2D eigenvalue weighted by Crippen LogP contribution is -2.53. The lowest BCUT2D eigenvalue weighted by molar-refractivity contribution is -0.124. The van der Waals surface area contributed by atoms with Gasteiger partial charge in [-0.3, -0.25) is 9.69 Å². The van der Waals surface area contributed by atoms with Crippen LogP contribution in [0.25, 0.3) is 0 Å². The lowest BCUT2D eigenvalue weighted by Gasteiger charge is -2.42. The minimum absolute atomic E-state index is 0.409. The summed E-state index contributed by atoms with van der Waals surface area (Å²) in [5.41, 5.74) is 4.66. The van der Waals surface area contributed by atoms with Gasteiger partial charge < -0.3 is 10.5 Å². The van der Waals surface area contributed by atoms with Crippen molar-refractivity contribution in [2.45, 2.75) is 26.3 Å². The summed E-state index contributed by atoms with van der Waals surface area (Å²) < 4.78 is 5.57. The minimum atomic E-state index is -0.731. The topological polar surface area (TPSA) is 55.6 Å². The van der Waals surface area contributed by atoms with E-state index in [1.807, 2.05) is 19.9 Å². The van der Waals surface area contributed by atoms with Crippen LogP contribution in [0.2, 0.25) is 0 Å². The number of primary amides is 1. The third kappa shape index (κ3) is 2.14. The normalized spacial score (nSPS) is 24.8. The SMILES string of the molecule is C#CN1C=CC=C(OCC)C1(C)C(C)C(N)=O. The van der Waals surface area contributed by atoms with Gasteiger partial charge in [0.15, 0.2) is 0 Å². The number of nitrogens with zero attached hydrogens (tertiary/aromatic N) is 1. The first kappa shape index (κ1) is 13.2. The summed E-state index contributed by atoms with van der Waals surface area (Å²) in [6, 6.07) is 2.54. The molecule has 0 spiro atoms. The van der Waals surface area contributed by atoms with Crippen molar-refractivity contribution >= 4 is 5.91 Å². The molecule has 0 saturated heterocycles. The monoisotopic (exact) mass is 234 g/mol. The van der Waals surface area contributed by atoms with Crippen LogP contribution < -0.4 is 5.73 Å². The van der Waals surface area contributed by atoms with Gasteiger partial charge >= 0.3 is 0 Å². The maximum Gasteiger partial charge on any atom is 0.223 e. The number of rotatable bonds is 4. The molecule has 92 valence electrons. The minimum Gasteiger partial charge on any atom is -0.496 e. The summed E-state index contributed by atoms with van der Waals surface area (Å²) in [4.78, 5) is 13.1. The van der Waals surface area contributed by atoms with E-state index in [1.165, 1.54) is 0 Å². The molecule has 1 heterocycles. The molecule has 17 heavy (non-hydrogen) atoms. The molecule has 4 heteroatoms. The third-order valence-electron chi connectivity index (χ3n) is 3.19. The number of terminal acetylenes is 1. The molecule has 0 aromatic heterocycles. The standard InChI is InChI=1S/C13H18N2O2/c1-5-15-9-7-8-11(17-6-2)13(15,4)10(3)12(14)16/h1,7-10H,6H2,2-4H3,(H2,14,16). The Labute approximate surface area is 102 Å². The quantitative estimate of drug-likeness (QED) is 0.744. The van der Waals surface area contributed by atoms with Gasteiger partial charge in [-0.2, -0.15) is 0 Å². The van der Waals surface area contributed by atoms with Gasteiger partial charge in [-0.15, -0.1) is 0 Å². The molecule has 2 unspecified atom stereocenters. The van der Waals surface area contributed by atoms with Gasteiger partial charge in [0.2, 0.25) is 5.91 Å². The van der Waals surface area contributed by atoms with Crippen molar-refractivity contribution in [1.82, 2.24) is 4.90 Å². The highest BCUT2D eigenvalue weighted by molar-refractivity contribution is 5.78. The summed E-state index contributed by atoms with van der Waals surface area (Å²) in [6.45, 7) is 6.00. The van der Waals surface area contributed by atoms with Crippen LogP contribution in [0.5, 0.6) is 0 Å². The van der Waals surface area contributed by atoms with Crippen molar-refractivity contribution in [1.29, 1.82) is 0 Å². The number of amides is 1. The Morgan fingerprint density at radius 2 is 2.41 bits per heavy atom.